The van der Waals surface area contributed by atoms with Crippen LogP contribution in [0.25, 0.3) is 22.6 Å². The molecule has 1 aliphatic heterocycles. The molecule has 0 bridgehead atoms. The van der Waals surface area contributed by atoms with Gasteiger partial charge in [0.15, 0.2) is 5.82 Å². The fourth-order valence-corrected chi connectivity index (χ4v) is 3.98. The number of ether oxygens (including phenoxy) is 2. The van der Waals surface area contributed by atoms with Gasteiger partial charge in [-0.25, -0.2) is 19.3 Å². The Hall–Kier alpha value is -4.68. The van der Waals surface area contributed by atoms with Crippen LogP contribution in [0.5, 0.6) is 0 Å². The molecule has 1 saturated heterocycles. The summed E-state index contributed by atoms with van der Waals surface area (Å²) < 4.78 is 24.9. The summed E-state index contributed by atoms with van der Waals surface area (Å²) in [5, 5.41) is 12.7. The first-order valence-electron chi connectivity index (χ1n) is 13.0. The molecule has 2 aromatic heterocycles. The first kappa shape index (κ1) is 27.9. The highest BCUT2D eigenvalue weighted by molar-refractivity contribution is 5.92. The summed E-state index contributed by atoms with van der Waals surface area (Å²) in [6, 6.07) is 16.9. The van der Waals surface area contributed by atoms with Crippen molar-refractivity contribution in [1.82, 2.24) is 19.9 Å². The molecule has 0 spiro atoms. The molecule has 0 atom stereocenters. The molecule has 4 aromatic rings. The van der Waals surface area contributed by atoms with E-state index < -0.39 is 17.7 Å². The van der Waals surface area contributed by atoms with Gasteiger partial charge in [0.1, 0.15) is 11.2 Å². The van der Waals surface area contributed by atoms with Crippen molar-refractivity contribution in [3.63, 3.8) is 0 Å². The van der Waals surface area contributed by atoms with Gasteiger partial charge in [0.25, 0.3) is 0 Å². The lowest BCUT2D eigenvalue weighted by Gasteiger charge is -2.33. The average molecular weight is 561 g/mol. The van der Waals surface area contributed by atoms with Crippen LogP contribution in [0.1, 0.15) is 42.2 Å². The molecule has 1 aliphatic carbocycles. The lowest BCUT2D eigenvalue weighted by Crippen LogP contribution is -2.42. The maximum atomic E-state index is 13.5. The molecule has 0 radical (unpaired) electrons. The Labute approximate surface area is 235 Å². The molecule has 212 valence electrons. The Morgan fingerprint density at radius 1 is 1.05 bits per heavy atom. The van der Waals surface area contributed by atoms with Gasteiger partial charge in [-0.2, -0.15) is 0 Å². The number of H-pyrrole nitrogens is 1. The molecule has 1 saturated carbocycles. The van der Waals surface area contributed by atoms with E-state index in [2.05, 4.69) is 25.3 Å². The highest BCUT2D eigenvalue weighted by Crippen LogP contribution is 2.35. The number of rotatable bonds is 7. The van der Waals surface area contributed by atoms with E-state index in [-0.39, 0.29) is 24.9 Å². The summed E-state index contributed by atoms with van der Waals surface area (Å²) in [5.41, 5.74) is 6.85. The molecule has 1 amide bonds. The van der Waals surface area contributed by atoms with Crippen molar-refractivity contribution in [3.8, 4) is 22.6 Å². The number of amides is 1. The molecule has 3 heterocycles. The van der Waals surface area contributed by atoms with Crippen molar-refractivity contribution in [2.24, 2.45) is 11.1 Å². The van der Waals surface area contributed by atoms with Gasteiger partial charge in [0.2, 0.25) is 18.1 Å². The number of nitrogens with zero attached hydrogens (tertiary/aromatic N) is 3. The van der Waals surface area contributed by atoms with Gasteiger partial charge in [-0.1, -0.05) is 18.2 Å². The second-order valence-electron chi connectivity index (χ2n) is 10.1. The van der Waals surface area contributed by atoms with Crippen LogP contribution in [-0.4, -0.2) is 56.2 Å². The number of anilines is 1. The minimum atomic E-state index is -1.12. The number of carbonyl (C=O) groups excluding carboxylic acids is 1. The first-order chi connectivity index (χ1) is 19.7. The fraction of sp³-hybridized carbons (Fsp3) is 0.276. The number of aliphatic carboxylic acids is 1. The molecule has 41 heavy (non-hydrogen) atoms. The van der Waals surface area contributed by atoms with Gasteiger partial charge in [-0.3, -0.25) is 9.59 Å². The van der Waals surface area contributed by atoms with Crippen LogP contribution in [-0.2, 0) is 14.3 Å². The predicted octanol–water partition coefficient (Wildman–Crippen LogP) is 4.17. The van der Waals surface area contributed by atoms with Gasteiger partial charge in [-0.15, -0.1) is 0 Å². The number of imidazole rings is 1. The van der Waals surface area contributed by atoms with Crippen molar-refractivity contribution in [1.29, 1.82) is 0 Å². The minimum Gasteiger partial charge on any atom is -0.481 e. The van der Waals surface area contributed by atoms with Gasteiger partial charge >= 0.3 is 5.97 Å². The SMILES string of the molecule is CC1(C(=O)O)COC(c2nc(-c3ccc(F)cc3)c(-c3ccnc(NC4CC4)n3)[nH]2)OC1.NC(=O)c1ccccc1. The van der Waals surface area contributed by atoms with Crippen LogP contribution in [0.15, 0.2) is 66.9 Å². The highest BCUT2D eigenvalue weighted by Gasteiger charge is 2.41. The molecule has 5 N–H and O–H groups in total. The summed E-state index contributed by atoms with van der Waals surface area (Å²) in [4.78, 5) is 38.6. The lowest BCUT2D eigenvalue weighted by molar-refractivity contribution is -0.236. The topological polar surface area (TPSA) is 165 Å². The number of primary amides is 1. The molecule has 2 aromatic carbocycles. The summed E-state index contributed by atoms with van der Waals surface area (Å²) in [6.45, 7) is 1.54. The Morgan fingerprint density at radius 3 is 2.32 bits per heavy atom. The van der Waals surface area contributed by atoms with Gasteiger partial charge in [0, 0.05) is 23.4 Å². The largest absolute Gasteiger partial charge is 0.481 e. The van der Waals surface area contributed by atoms with Crippen LogP contribution in [0.4, 0.5) is 10.3 Å². The molecule has 6 rings (SSSR count). The van der Waals surface area contributed by atoms with Gasteiger partial charge < -0.3 is 30.6 Å². The van der Waals surface area contributed by atoms with Crippen LogP contribution in [0.3, 0.4) is 0 Å². The summed E-state index contributed by atoms with van der Waals surface area (Å²) in [6.07, 6.45) is 2.98. The monoisotopic (exact) mass is 560 g/mol. The quantitative estimate of drug-likeness (QED) is 0.259. The second kappa shape index (κ2) is 11.8. The number of halogens is 1. The molecule has 11 nitrogen and oxygen atoms in total. The number of benzene rings is 2. The summed E-state index contributed by atoms with van der Waals surface area (Å²) in [5.74, 6) is -0.818. The molecule has 2 fully saturated rings. The number of carboxylic acid groups (broad SMARTS) is 1. The number of carboxylic acids is 1. The van der Waals surface area contributed by atoms with Crippen molar-refractivity contribution in [3.05, 3.63) is 84.1 Å². The number of carbonyl (C=O) groups is 2. The third kappa shape index (κ3) is 6.73. The summed E-state index contributed by atoms with van der Waals surface area (Å²) in [7, 11) is 0. The predicted molar refractivity (Wildman–Crippen MR) is 147 cm³/mol. The normalized spacial score (nSPS) is 20.0. The number of nitrogens with one attached hydrogen (secondary N) is 2. The van der Waals surface area contributed by atoms with E-state index in [1.165, 1.54) is 12.1 Å². The van der Waals surface area contributed by atoms with E-state index in [9.17, 15) is 19.1 Å². The summed E-state index contributed by atoms with van der Waals surface area (Å²) >= 11 is 0. The minimum absolute atomic E-state index is 0.0160. The van der Waals surface area contributed by atoms with E-state index in [0.717, 1.165) is 12.8 Å². The Balaban J connectivity index is 0.000000321. The van der Waals surface area contributed by atoms with Crippen molar-refractivity contribution < 1.29 is 28.6 Å². The van der Waals surface area contributed by atoms with E-state index in [0.29, 0.717) is 46.0 Å². The number of hydrogen-bond donors (Lipinski definition) is 4. The number of aromatic amines is 1. The molecule has 12 heteroatoms. The zero-order valence-electron chi connectivity index (χ0n) is 22.2. The zero-order valence-corrected chi connectivity index (χ0v) is 22.2. The van der Waals surface area contributed by atoms with Crippen LogP contribution in [0, 0.1) is 11.2 Å². The lowest BCUT2D eigenvalue weighted by atomic mass is 9.92. The van der Waals surface area contributed by atoms with E-state index in [4.69, 9.17) is 15.2 Å². The van der Waals surface area contributed by atoms with Crippen molar-refractivity contribution >= 4 is 17.8 Å². The Bertz CT molecular complexity index is 1520. The zero-order chi connectivity index (χ0) is 29.0. The first-order valence-corrected chi connectivity index (χ1v) is 13.0. The molecular formula is C29H29FN6O5. The van der Waals surface area contributed by atoms with Gasteiger partial charge in [0.05, 0.1) is 30.3 Å². The average Bonchev–Trinajstić information content (AvgIpc) is 3.68. The third-order valence-corrected chi connectivity index (χ3v) is 6.57. The fourth-order valence-electron chi connectivity index (χ4n) is 3.98. The number of aromatic nitrogens is 4. The molecule has 2 aliphatic rings. The standard InChI is InChI=1S/C22H22FN5O4.C7H7NO/c1-22(20(29)30)10-31-19(32-11-22)18-27-16(12-2-4-13(23)5-3-12)17(28-18)15-8-9-24-21(26-15)25-14-6-7-14;8-7(9)6-4-2-1-3-5-6/h2-5,8-9,14,19H,6-7,10-11H2,1H3,(H,27,28)(H,29,30)(H,24,25,26);1-5H,(H2,8,9). The van der Waals surface area contributed by atoms with Gasteiger partial charge in [-0.05, 0) is 62.2 Å². The number of nitrogens with two attached hydrogens (primary N) is 1. The van der Waals surface area contributed by atoms with Crippen LogP contribution >= 0.6 is 0 Å². The Morgan fingerprint density at radius 2 is 1.73 bits per heavy atom. The molecular weight excluding hydrogens is 531 g/mol. The smallest absolute Gasteiger partial charge is 0.314 e. The van der Waals surface area contributed by atoms with Crippen molar-refractivity contribution in [2.45, 2.75) is 32.1 Å². The molecule has 0 unspecified atom stereocenters. The van der Waals surface area contributed by atoms with Crippen LogP contribution in [0.2, 0.25) is 0 Å². The van der Waals surface area contributed by atoms with Crippen LogP contribution < -0.4 is 11.1 Å². The highest BCUT2D eigenvalue weighted by atomic mass is 19.1. The maximum Gasteiger partial charge on any atom is 0.314 e. The van der Waals surface area contributed by atoms with E-state index >= 15 is 0 Å². The number of hydrogen-bond acceptors (Lipinski definition) is 8. The maximum absolute atomic E-state index is 13.5. The van der Waals surface area contributed by atoms with E-state index in [1.807, 2.05) is 6.07 Å². The third-order valence-electron chi connectivity index (χ3n) is 6.57. The second-order valence-corrected chi connectivity index (χ2v) is 10.1. The Kier molecular flexibility index (Phi) is 8.04. The van der Waals surface area contributed by atoms with Crippen molar-refractivity contribution in [2.75, 3.05) is 18.5 Å². The van der Waals surface area contributed by atoms with E-state index in [1.54, 1.807) is 55.6 Å².